The fourth-order valence-corrected chi connectivity index (χ4v) is 5.14. The minimum absolute atomic E-state index is 0.170. The Kier molecular flexibility index (Phi) is 4.10. The summed E-state index contributed by atoms with van der Waals surface area (Å²) in [5, 5.41) is 0. The molecule has 0 spiro atoms. The third-order valence-electron chi connectivity index (χ3n) is 6.33. The van der Waals surface area contributed by atoms with Crippen molar-refractivity contribution in [2.24, 2.45) is 11.8 Å². The Morgan fingerprint density at radius 1 is 0.862 bits per heavy atom. The smallest absolute Gasteiger partial charge is 0.239 e. The quantitative estimate of drug-likeness (QED) is 0.591. The van der Waals surface area contributed by atoms with Crippen LogP contribution in [0.5, 0.6) is 0 Å². The van der Waals surface area contributed by atoms with Crippen molar-refractivity contribution in [2.75, 3.05) is 11.4 Å². The van der Waals surface area contributed by atoms with Crippen LogP contribution >= 0.6 is 0 Å². The van der Waals surface area contributed by atoms with Gasteiger partial charge in [-0.15, -0.1) is 0 Å². The van der Waals surface area contributed by atoms with Crippen molar-refractivity contribution in [1.29, 1.82) is 0 Å². The maximum atomic E-state index is 13.3. The van der Waals surface area contributed by atoms with Crippen LogP contribution in [0.15, 0.2) is 48.5 Å². The summed E-state index contributed by atoms with van der Waals surface area (Å²) in [7, 11) is 0. The molecule has 0 N–H and O–H groups in total. The minimum atomic E-state index is -0.782. The standard InChI is InChI=1S/C22H18F2N2O3/c23-13-5-3-12(4-6-13)20(27)19-18-17(16-2-1-11-25(16)19)21(28)26(22(18)29)15-9-7-14(24)8-10-15/h3-10,16-19H,1-2,11H2/t16-,17+,18+,19-/m0/s1. The van der Waals surface area contributed by atoms with Crippen LogP contribution in [0.3, 0.4) is 0 Å². The van der Waals surface area contributed by atoms with E-state index in [1.54, 1.807) is 0 Å². The first-order valence-corrected chi connectivity index (χ1v) is 9.66. The number of hydrogen-bond acceptors (Lipinski definition) is 4. The molecule has 0 unspecified atom stereocenters. The highest BCUT2D eigenvalue weighted by Crippen LogP contribution is 2.48. The molecule has 2 aromatic carbocycles. The summed E-state index contributed by atoms with van der Waals surface area (Å²) < 4.78 is 26.6. The highest BCUT2D eigenvalue weighted by atomic mass is 19.1. The molecule has 3 aliphatic heterocycles. The average molecular weight is 396 g/mol. The van der Waals surface area contributed by atoms with Gasteiger partial charge in [-0.3, -0.25) is 19.3 Å². The van der Waals surface area contributed by atoms with Crippen molar-refractivity contribution in [3.8, 4) is 0 Å². The molecule has 5 nitrogen and oxygen atoms in total. The van der Waals surface area contributed by atoms with Gasteiger partial charge in [-0.05, 0) is 67.9 Å². The molecular weight excluding hydrogens is 378 g/mol. The van der Waals surface area contributed by atoms with Crippen LogP contribution in [-0.2, 0) is 9.59 Å². The lowest BCUT2D eigenvalue weighted by molar-refractivity contribution is -0.123. The molecule has 0 bridgehead atoms. The van der Waals surface area contributed by atoms with Crippen molar-refractivity contribution in [3.05, 3.63) is 65.7 Å². The number of Topliss-reactive ketones (excluding diaryl/α,β-unsaturated/α-hetero) is 1. The molecule has 4 atom stereocenters. The van der Waals surface area contributed by atoms with Gasteiger partial charge in [0.05, 0.1) is 23.6 Å². The van der Waals surface area contributed by atoms with E-state index in [4.69, 9.17) is 0 Å². The summed E-state index contributed by atoms with van der Waals surface area (Å²) >= 11 is 0. The van der Waals surface area contributed by atoms with E-state index < -0.39 is 35.4 Å². The van der Waals surface area contributed by atoms with Gasteiger partial charge in [-0.25, -0.2) is 13.7 Å². The van der Waals surface area contributed by atoms with Crippen LogP contribution in [0.4, 0.5) is 14.5 Å². The van der Waals surface area contributed by atoms with Crippen molar-refractivity contribution >= 4 is 23.3 Å². The number of halogens is 2. The first kappa shape index (κ1) is 18.1. The average Bonchev–Trinajstić information content (AvgIpc) is 3.35. The van der Waals surface area contributed by atoms with E-state index in [0.29, 0.717) is 17.8 Å². The summed E-state index contributed by atoms with van der Waals surface area (Å²) in [6.45, 7) is 0.645. The number of rotatable bonds is 3. The highest BCUT2D eigenvalue weighted by molar-refractivity contribution is 6.24. The molecule has 0 saturated carbocycles. The summed E-state index contributed by atoms with van der Waals surface area (Å²) in [4.78, 5) is 42.8. The second-order valence-electron chi connectivity index (χ2n) is 7.80. The second kappa shape index (κ2) is 6.56. The Bertz CT molecular complexity index is 1010. The van der Waals surface area contributed by atoms with Gasteiger partial charge in [0.2, 0.25) is 11.8 Å². The predicted octanol–water partition coefficient (Wildman–Crippen LogP) is 2.80. The highest BCUT2D eigenvalue weighted by Gasteiger charge is 2.64. The number of carbonyl (C=O) groups excluding carboxylic acids is 3. The molecule has 3 saturated heterocycles. The molecule has 2 aromatic rings. The molecule has 0 aromatic heterocycles. The zero-order valence-electron chi connectivity index (χ0n) is 15.4. The van der Waals surface area contributed by atoms with E-state index in [1.807, 2.05) is 4.90 Å². The third kappa shape index (κ3) is 2.64. The van der Waals surface area contributed by atoms with Gasteiger partial charge in [0.1, 0.15) is 11.6 Å². The van der Waals surface area contributed by atoms with Gasteiger partial charge in [0.15, 0.2) is 5.78 Å². The fourth-order valence-electron chi connectivity index (χ4n) is 5.14. The van der Waals surface area contributed by atoms with Crippen LogP contribution in [0, 0.1) is 23.5 Å². The van der Waals surface area contributed by atoms with Crippen molar-refractivity contribution in [3.63, 3.8) is 0 Å². The molecule has 0 aliphatic carbocycles. The van der Waals surface area contributed by atoms with Crippen LogP contribution in [0.2, 0.25) is 0 Å². The summed E-state index contributed by atoms with van der Waals surface area (Å²) in [5.74, 6) is -3.32. The summed E-state index contributed by atoms with van der Waals surface area (Å²) in [6, 6.07) is 9.53. The van der Waals surface area contributed by atoms with Crippen molar-refractivity contribution in [2.45, 2.75) is 24.9 Å². The number of hydrogen-bond donors (Lipinski definition) is 0. The van der Waals surface area contributed by atoms with Gasteiger partial charge < -0.3 is 0 Å². The number of fused-ring (bicyclic) bond motifs is 3. The normalized spacial score (nSPS) is 28.7. The molecular formula is C22H18F2N2O3. The fraction of sp³-hybridized carbons (Fsp3) is 0.318. The number of amides is 2. The SMILES string of the molecule is O=C(c1ccc(F)cc1)[C@@H]1[C@@H]2C(=O)N(c3ccc(F)cc3)C(=O)[C@@H]2[C@@H]2CCCN12. The predicted molar refractivity (Wildman–Crippen MR) is 100 cm³/mol. The number of nitrogens with zero attached hydrogens (tertiary/aromatic N) is 2. The third-order valence-corrected chi connectivity index (χ3v) is 6.33. The number of imide groups is 1. The summed E-state index contributed by atoms with van der Waals surface area (Å²) in [6.07, 6.45) is 1.59. The van der Waals surface area contributed by atoms with Gasteiger partial charge >= 0.3 is 0 Å². The number of carbonyl (C=O) groups is 3. The number of ketones is 1. The van der Waals surface area contributed by atoms with E-state index in [9.17, 15) is 23.2 Å². The lowest BCUT2D eigenvalue weighted by atomic mass is 9.85. The first-order chi connectivity index (χ1) is 14.0. The number of anilines is 1. The van der Waals surface area contributed by atoms with Crippen LogP contribution in [-0.4, -0.2) is 41.1 Å². The molecule has 3 heterocycles. The Morgan fingerprint density at radius 2 is 1.45 bits per heavy atom. The van der Waals surface area contributed by atoms with Crippen LogP contribution < -0.4 is 4.90 Å². The lowest BCUT2D eigenvalue weighted by Crippen LogP contribution is -2.46. The van der Waals surface area contributed by atoms with E-state index in [1.165, 1.54) is 48.5 Å². The molecule has 0 radical (unpaired) electrons. The van der Waals surface area contributed by atoms with E-state index in [2.05, 4.69) is 0 Å². The van der Waals surface area contributed by atoms with Gasteiger partial charge in [0, 0.05) is 11.6 Å². The molecule has 29 heavy (non-hydrogen) atoms. The zero-order chi connectivity index (χ0) is 20.3. The van der Waals surface area contributed by atoms with Gasteiger partial charge in [-0.1, -0.05) is 0 Å². The van der Waals surface area contributed by atoms with Gasteiger partial charge in [-0.2, -0.15) is 0 Å². The Balaban J connectivity index is 1.54. The maximum Gasteiger partial charge on any atom is 0.239 e. The Hall–Kier alpha value is -2.93. The first-order valence-electron chi connectivity index (χ1n) is 9.66. The van der Waals surface area contributed by atoms with Gasteiger partial charge in [0.25, 0.3) is 0 Å². The monoisotopic (exact) mass is 396 g/mol. The summed E-state index contributed by atoms with van der Waals surface area (Å²) in [5.41, 5.74) is 0.636. The minimum Gasteiger partial charge on any atom is -0.292 e. The number of benzene rings is 2. The van der Waals surface area contributed by atoms with E-state index >= 15 is 0 Å². The molecule has 2 amide bonds. The maximum absolute atomic E-state index is 13.3. The Labute approximate surface area is 165 Å². The second-order valence-corrected chi connectivity index (χ2v) is 7.80. The van der Waals surface area contributed by atoms with E-state index in [-0.39, 0.29) is 17.7 Å². The van der Waals surface area contributed by atoms with Crippen molar-refractivity contribution < 1.29 is 23.2 Å². The largest absolute Gasteiger partial charge is 0.292 e. The van der Waals surface area contributed by atoms with E-state index in [0.717, 1.165) is 17.7 Å². The topological polar surface area (TPSA) is 57.7 Å². The van der Waals surface area contributed by atoms with Crippen molar-refractivity contribution in [1.82, 2.24) is 4.90 Å². The zero-order valence-corrected chi connectivity index (χ0v) is 15.4. The molecule has 3 aliphatic rings. The molecule has 5 rings (SSSR count). The molecule has 3 fully saturated rings. The van der Waals surface area contributed by atoms with Crippen LogP contribution in [0.1, 0.15) is 23.2 Å². The van der Waals surface area contributed by atoms with Crippen LogP contribution in [0.25, 0.3) is 0 Å². The molecule has 148 valence electrons. The Morgan fingerprint density at radius 3 is 2.10 bits per heavy atom. The lowest BCUT2D eigenvalue weighted by Gasteiger charge is -2.27. The molecule has 7 heteroatoms.